The van der Waals surface area contributed by atoms with Gasteiger partial charge in [0.2, 0.25) is 0 Å². The van der Waals surface area contributed by atoms with E-state index in [-0.39, 0.29) is 18.0 Å². The Morgan fingerprint density at radius 2 is 1.86 bits per heavy atom. The van der Waals surface area contributed by atoms with Crippen molar-refractivity contribution in [3.05, 3.63) is 64.5 Å². The van der Waals surface area contributed by atoms with E-state index in [1.165, 1.54) is 19.3 Å². The van der Waals surface area contributed by atoms with Gasteiger partial charge in [-0.05, 0) is 44.4 Å². The van der Waals surface area contributed by atoms with Crippen molar-refractivity contribution in [1.29, 1.82) is 5.26 Å². The van der Waals surface area contributed by atoms with Crippen molar-refractivity contribution in [3.8, 4) is 6.07 Å². The normalized spacial score (nSPS) is 15.0. The second kappa shape index (κ2) is 9.38. The number of nitriles is 1. The zero-order valence-electron chi connectivity index (χ0n) is 17.0. The van der Waals surface area contributed by atoms with Crippen LogP contribution in [0, 0.1) is 25.2 Å². The second-order valence-corrected chi connectivity index (χ2v) is 7.52. The molecule has 0 N–H and O–H groups in total. The van der Waals surface area contributed by atoms with Crippen LogP contribution >= 0.6 is 0 Å². The third-order valence-corrected chi connectivity index (χ3v) is 5.53. The maximum atomic E-state index is 12.3. The smallest absolute Gasteiger partial charge is 0.349 e. The van der Waals surface area contributed by atoms with Crippen LogP contribution in [0.1, 0.15) is 65.5 Å². The number of ketones is 1. The Morgan fingerprint density at radius 3 is 2.52 bits per heavy atom. The highest BCUT2D eigenvalue weighted by Gasteiger charge is 2.21. The van der Waals surface area contributed by atoms with Gasteiger partial charge in [0.05, 0.1) is 0 Å². The van der Waals surface area contributed by atoms with Crippen LogP contribution < -0.4 is 0 Å². The van der Waals surface area contributed by atoms with Crippen LogP contribution in [0.25, 0.3) is 6.08 Å². The molecule has 1 aliphatic rings. The number of esters is 1. The van der Waals surface area contributed by atoms with E-state index < -0.39 is 5.97 Å². The zero-order chi connectivity index (χ0) is 20.8. The van der Waals surface area contributed by atoms with Crippen molar-refractivity contribution >= 4 is 17.8 Å². The van der Waals surface area contributed by atoms with Gasteiger partial charge in [0.15, 0.2) is 12.4 Å². The first-order valence-corrected chi connectivity index (χ1v) is 10.1. The summed E-state index contributed by atoms with van der Waals surface area (Å²) in [5, 5.41) is 9.44. The Labute approximate surface area is 171 Å². The van der Waals surface area contributed by atoms with E-state index in [2.05, 4.69) is 11.5 Å². The summed E-state index contributed by atoms with van der Waals surface area (Å²) in [7, 11) is 0. The lowest BCUT2D eigenvalue weighted by Crippen LogP contribution is -2.15. The molecule has 1 heterocycles. The van der Waals surface area contributed by atoms with Crippen LogP contribution in [-0.2, 0) is 9.53 Å². The van der Waals surface area contributed by atoms with Gasteiger partial charge < -0.3 is 9.30 Å². The molecule has 3 rings (SSSR count). The SMILES string of the molecule is Cc1cc(/C=C(\C#N)C(=O)OCC(=O)c2ccccc2)c(C)n1C1CCCCC1. The maximum Gasteiger partial charge on any atom is 0.349 e. The Kier molecular flexibility index (Phi) is 6.66. The fraction of sp³-hybridized carbons (Fsp3) is 0.375. The Bertz CT molecular complexity index is 958. The molecule has 0 saturated heterocycles. The molecule has 1 aliphatic carbocycles. The van der Waals surface area contributed by atoms with Gasteiger partial charge in [-0.25, -0.2) is 4.79 Å². The lowest BCUT2D eigenvalue weighted by molar-refractivity contribution is -0.137. The predicted molar refractivity (Wildman–Crippen MR) is 111 cm³/mol. The third-order valence-electron chi connectivity index (χ3n) is 5.53. The van der Waals surface area contributed by atoms with E-state index in [1.54, 1.807) is 30.3 Å². The molecule has 1 aromatic carbocycles. The lowest BCUT2D eigenvalue weighted by Gasteiger charge is -2.26. The van der Waals surface area contributed by atoms with E-state index in [4.69, 9.17) is 4.74 Å². The van der Waals surface area contributed by atoms with Crippen LogP contribution in [0.5, 0.6) is 0 Å². The van der Waals surface area contributed by atoms with Crippen molar-refractivity contribution in [1.82, 2.24) is 4.57 Å². The summed E-state index contributed by atoms with van der Waals surface area (Å²) in [6.07, 6.45) is 7.64. The zero-order valence-corrected chi connectivity index (χ0v) is 17.0. The molecule has 0 aliphatic heterocycles. The predicted octanol–water partition coefficient (Wildman–Crippen LogP) is 4.94. The van der Waals surface area contributed by atoms with Gasteiger partial charge in [-0.15, -0.1) is 0 Å². The maximum absolute atomic E-state index is 12.3. The highest BCUT2D eigenvalue weighted by Crippen LogP contribution is 2.32. The van der Waals surface area contributed by atoms with E-state index >= 15 is 0 Å². The number of carbonyl (C=O) groups is 2. The average Bonchev–Trinajstić information content (AvgIpc) is 3.04. The standard InChI is InChI=1S/C24H26N2O3/c1-17-13-20(18(2)26(17)22-11-7-4-8-12-22)14-21(15-25)24(28)29-16-23(27)19-9-5-3-6-10-19/h3,5-6,9-10,13-14,22H,4,7-8,11-12,16H2,1-2H3/b21-14+. The van der Waals surface area contributed by atoms with Crippen molar-refractivity contribution < 1.29 is 14.3 Å². The Morgan fingerprint density at radius 1 is 1.17 bits per heavy atom. The first-order valence-electron chi connectivity index (χ1n) is 10.1. The summed E-state index contributed by atoms with van der Waals surface area (Å²) in [5.74, 6) is -1.08. The first kappa shape index (κ1) is 20.6. The molecule has 0 bridgehead atoms. The number of hydrogen-bond donors (Lipinski definition) is 0. The average molecular weight is 390 g/mol. The summed E-state index contributed by atoms with van der Waals surface area (Å²) in [5.41, 5.74) is 3.39. The van der Waals surface area contributed by atoms with Crippen LogP contribution in [0.2, 0.25) is 0 Å². The lowest BCUT2D eigenvalue weighted by atomic mass is 9.95. The third kappa shape index (κ3) is 4.83. The van der Waals surface area contributed by atoms with Crippen molar-refractivity contribution in [3.63, 3.8) is 0 Å². The second-order valence-electron chi connectivity index (χ2n) is 7.52. The van der Waals surface area contributed by atoms with Crippen molar-refractivity contribution in [2.75, 3.05) is 6.61 Å². The summed E-state index contributed by atoms with van der Waals surface area (Å²) in [6.45, 7) is 3.69. The van der Waals surface area contributed by atoms with Gasteiger partial charge in [-0.1, -0.05) is 49.6 Å². The fourth-order valence-corrected chi connectivity index (χ4v) is 4.06. The summed E-state index contributed by atoms with van der Waals surface area (Å²) < 4.78 is 7.41. The Balaban J connectivity index is 1.73. The van der Waals surface area contributed by atoms with Crippen LogP contribution in [-0.4, -0.2) is 22.9 Å². The summed E-state index contributed by atoms with van der Waals surface area (Å²) in [6, 6.07) is 13.0. The number of carbonyl (C=O) groups excluding carboxylic acids is 2. The molecule has 1 fully saturated rings. The number of rotatable bonds is 6. The number of nitrogens with zero attached hydrogens (tertiary/aromatic N) is 2. The molecule has 0 amide bonds. The number of Topliss-reactive ketones (excluding diaryl/α,β-unsaturated/α-hetero) is 1. The molecule has 5 nitrogen and oxygen atoms in total. The molecule has 0 radical (unpaired) electrons. The molecular weight excluding hydrogens is 364 g/mol. The molecular formula is C24H26N2O3. The Hall–Kier alpha value is -3.13. The van der Waals surface area contributed by atoms with Crippen molar-refractivity contribution in [2.24, 2.45) is 0 Å². The summed E-state index contributed by atoms with van der Waals surface area (Å²) in [4.78, 5) is 24.5. The van der Waals surface area contributed by atoms with E-state index in [1.807, 2.05) is 25.1 Å². The molecule has 1 saturated carbocycles. The summed E-state index contributed by atoms with van der Waals surface area (Å²) >= 11 is 0. The van der Waals surface area contributed by atoms with Crippen LogP contribution in [0.4, 0.5) is 0 Å². The molecule has 150 valence electrons. The van der Waals surface area contributed by atoms with Crippen LogP contribution in [0.3, 0.4) is 0 Å². The topological polar surface area (TPSA) is 72.1 Å². The minimum atomic E-state index is -0.778. The molecule has 2 aromatic rings. The monoisotopic (exact) mass is 390 g/mol. The van der Waals surface area contributed by atoms with Gasteiger partial charge in [-0.2, -0.15) is 5.26 Å². The number of ether oxygens (including phenoxy) is 1. The molecule has 1 aromatic heterocycles. The number of aromatic nitrogens is 1. The number of benzene rings is 1. The van der Waals surface area contributed by atoms with Gasteiger partial charge in [0.25, 0.3) is 0 Å². The number of hydrogen-bond acceptors (Lipinski definition) is 4. The minimum absolute atomic E-state index is 0.102. The van der Waals surface area contributed by atoms with Crippen LogP contribution in [0.15, 0.2) is 42.0 Å². The van der Waals surface area contributed by atoms with E-state index in [9.17, 15) is 14.9 Å². The quantitative estimate of drug-likeness (QED) is 0.303. The van der Waals surface area contributed by atoms with E-state index in [0.717, 1.165) is 29.8 Å². The molecule has 29 heavy (non-hydrogen) atoms. The van der Waals surface area contributed by atoms with Gasteiger partial charge in [-0.3, -0.25) is 4.79 Å². The molecule has 0 unspecified atom stereocenters. The first-order chi connectivity index (χ1) is 14.0. The van der Waals surface area contributed by atoms with E-state index in [0.29, 0.717) is 11.6 Å². The van der Waals surface area contributed by atoms with Crippen molar-refractivity contribution in [2.45, 2.75) is 52.0 Å². The van der Waals surface area contributed by atoms with Gasteiger partial charge in [0.1, 0.15) is 11.6 Å². The van der Waals surface area contributed by atoms with Gasteiger partial charge in [0, 0.05) is 23.0 Å². The molecule has 5 heteroatoms. The fourth-order valence-electron chi connectivity index (χ4n) is 4.06. The van der Waals surface area contributed by atoms with Gasteiger partial charge >= 0.3 is 5.97 Å². The number of aryl methyl sites for hydroxylation is 1. The largest absolute Gasteiger partial charge is 0.453 e. The molecule has 0 spiro atoms. The molecule has 0 atom stereocenters. The highest BCUT2D eigenvalue weighted by molar-refractivity contribution is 6.01. The minimum Gasteiger partial charge on any atom is -0.453 e. The highest BCUT2D eigenvalue weighted by atomic mass is 16.5.